The normalized spacial score (nSPS) is 37.1. The molecule has 0 aromatic carbocycles. The van der Waals surface area contributed by atoms with Gasteiger partial charge in [0.25, 0.3) is 0 Å². The highest BCUT2D eigenvalue weighted by Crippen LogP contribution is 2.16. The molecule has 0 aromatic rings. The van der Waals surface area contributed by atoms with Gasteiger partial charge in [0, 0.05) is 19.5 Å². The molecule has 14 heavy (non-hydrogen) atoms. The first-order valence-corrected chi connectivity index (χ1v) is 4.93. The van der Waals surface area contributed by atoms with Gasteiger partial charge in [-0.05, 0) is 6.42 Å². The predicted octanol–water partition coefficient (Wildman–Crippen LogP) is -1.41. The van der Waals surface area contributed by atoms with Crippen molar-refractivity contribution in [3.05, 3.63) is 0 Å². The number of aliphatic hydroxyl groups excluding tert-OH is 2. The Morgan fingerprint density at radius 3 is 2.36 bits per heavy atom. The van der Waals surface area contributed by atoms with Gasteiger partial charge in [0.15, 0.2) is 0 Å². The largest absolute Gasteiger partial charge is 0.389 e. The highest BCUT2D eigenvalue weighted by molar-refractivity contribution is 5.72. The van der Waals surface area contributed by atoms with Gasteiger partial charge in [0.05, 0.1) is 18.2 Å². The summed E-state index contributed by atoms with van der Waals surface area (Å²) in [5, 5.41) is 24.9. The fourth-order valence-electron chi connectivity index (χ4n) is 1.74. The monoisotopic (exact) mass is 202 g/mol. The lowest BCUT2D eigenvalue weighted by Crippen LogP contribution is -2.43. The number of nitrogens with one attached hydrogen (secondary N) is 2. The molecule has 1 rings (SSSR count). The van der Waals surface area contributed by atoms with Crippen molar-refractivity contribution in [3.63, 3.8) is 0 Å². The summed E-state index contributed by atoms with van der Waals surface area (Å²) < 4.78 is 0. The maximum Gasteiger partial charge on any atom is 0.216 e. The Morgan fingerprint density at radius 1 is 1.36 bits per heavy atom. The molecule has 82 valence electrons. The first-order chi connectivity index (χ1) is 6.56. The number of hydrogen-bond donors (Lipinski definition) is 4. The van der Waals surface area contributed by atoms with Crippen LogP contribution in [0.25, 0.3) is 0 Å². The fraction of sp³-hybridized carbons (Fsp3) is 0.889. The van der Waals surface area contributed by atoms with Gasteiger partial charge in [-0.15, -0.1) is 0 Å². The molecule has 1 fully saturated rings. The van der Waals surface area contributed by atoms with Crippen molar-refractivity contribution in [1.29, 1.82) is 0 Å². The molecule has 5 nitrogen and oxygen atoms in total. The minimum atomic E-state index is -0.799. The highest BCUT2D eigenvalue weighted by atomic mass is 16.3. The van der Waals surface area contributed by atoms with E-state index >= 15 is 0 Å². The summed E-state index contributed by atoms with van der Waals surface area (Å²) >= 11 is 0. The Labute approximate surface area is 83.5 Å². The molecule has 0 spiro atoms. The summed E-state index contributed by atoms with van der Waals surface area (Å²) in [5.41, 5.74) is 0. The van der Waals surface area contributed by atoms with Crippen LogP contribution in [0.15, 0.2) is 0 Å². The van der Waals surface area contributed by atoms with E-state index in [1.165, 1.54) is 6.92 Å². The van der Waals surface area contributed by atoms with E-state index in [1.807, 2.05) is 6.92 Å². The second-order valence-electron chi connectivity index (χ2n) is 3.71. The molecular formula is C9H18N2O3. The smallest absolute Gasteiger partial charge is 0.216 e. The number of aliphatic hydroxyl groups is 2. The number of rotatable bonds is 3. The van der Waals surface area contributed by atoms with E-state index in [1.54, 1.807) is 0 Å². The van der Waals surface area contributed by atoms with Crippen LogP contribution in [0.5, 0.6) is 0 Å². The van der Waals surface area contributed by atoms with Crippen molar-refractivity contribution in [3.8, 4) is 0 Å². The van der Waals surface area contributed by atoms with Gasteiger partial charge in [-0.1, -0.05) is 6.92 Å². The quantitative estimate of drug-likeness (QED) is 0.453. The minimum absolute atomic E-state index is 0.0799. The summed E-state index contributed by atoms with van der Waals surface area (Å²) in [7, 11) is 0. The molecule has 1 heterocycles. The van der Waals surface area contributed by atoms with Gasteiger partial charge >= 0.3 is 0 Å². The zero-order valence-electron chi connectivity index (χ0n) is 8.53. The van der Waals surface area contributed by atoms with Gasteiger partial charge in [-0.2, -0.15) is 0 Å². The van der Waals surface area contributed by atoms with E-state index in [0.717, 1.165) is 6.42 Å². The van der Waals surface area contributed by atoms with Crippen LogP contribution in [0, 0.1) is 0 Å². The standard InChI is InChI=1S/C9H18N2O3/c1-3-6-8(13)9(14)7(11-6)4-10-5(2)12/h6-9,11,13-14H,3-4H2,1-2H3,(H,10,12)/t6-,7?,8-,9-/m1/s1. The van der Waals surface area contributed by atoms with Crippen LogP contribution < -0.4 is 10.6 Å². The molecule has 0 aromatic heterocycles. The third kappa shape index (κ3) is 2.43. The van der Waals surface area contributed by atoms with Crippen molar-refractivity contribution in [2.45, 2.75) is 44.6 Å². The Bertz CT molecular complexity index is 210. The van der Waals surface area contributed by atoms with Crippen LogP contribution in [-0.2, 0) is 4.79 Å². The van der Waals surface area contributed by atoms with Crippen LogP contribution in [0.2, 0.25) is 0 Å². The third-order valence-corrected chi connectivity index (χ3v) is 2.61. The lowest BCUT2D eigenvalue weighted by Gasteiger charge is -2.15. The van der Waals surface area contributed by atoms with E-state index in [0.29, 0.717) is 6.54 Å². The van der Waals surface area contributed by atoms with Crippen molar-refractivity contribution in [2.24, 2.45) is 0 Å². The van der Waals surface area contributed by atoms with Crippen LogP contribution >= 0.6 is 0 Å². The van der Waals surface area contributed by atoms with E-state index in [9.17, 15) is 15.0 Å². The van der Waals surface area contributed by atoms with E-state index in [4.69, 9.17) is 0 Å². The van der Waals surface area contributed by atoms with Gasteiger partial charge in [0.2, 0.25) is 5.91 Å². The van der Waals surface area contributed by atoms with E-state index in [-0.39, 0.29) is 18.0 Å². The molecule has 1 amide bonds. The summed E-state index contributed by atoms with van der Waals surface area (Å²) in [6.07, 6.45) is -0.778. The third-order valence-electron chi connectivity index (χ3n) is 2.61. The fourth-order valence-corrected chi connectivity index (χ4v) is 1.74. The Kier molecular flexibility index (Phi) is 3.86. The van der Waals surface area contributed by atoms with Crippen molar-refractivity contribution in [2.75, 3.05) is 6.54 Å². The Morgan fingerprint density at radius 2 is 1.93 bits per heavy atom. The van der Waals surface area contributed by atoms with Crippen LogP contribution in [0.4, 0.5) is 0 Å². The molecule has 5 heteroatoms. The molecule has 0 aliphatic carbocycles. The average molecular weight is 202 g/mol. The summed E-state index contributed by atoms with van der Waals surface area (Å²) in [6.45, 7) is 3.72. The minimum Gasteiger partial charge on any atom is -0.389 e. The van der Waals surface area contributed by atoms with Gasteiger partial charge in [-0.25, -0.2) is 0 Å². The van der Waals surface area contributed by atoms with Crippen molar-refractivity contribution in [1.82, 2.24) is 10.6 Å². The predicted molar refractivity (Wildman–Crippen MR) is 51.7 cm³/mol. The second-order valence-corrected chi connectivity index (χ2v) is 3.71. The summed E-state index contributed by atoms with van der Waals surface area (Å²) in [5.74, 6) is -0.131. The molecule has 1 aliphatic heterocycles. The molecule has 0 bridgehead atoms. The van der Waals surface area contributed by atoms with Crippen molar-refractivity contribution >= 4 is 5.91 Å². The zero-order valence-corrected chi connectivity index (χ0v) is 8.53. The van der Waals surface area contributed by atoms with Gasteiger partial charge < -0.3 is 20.8 Å². The number of amides is 1. The molecule has 0 saturated carbocycles. The van der Waals surface area contributed by atoms with Gasteiger partial charge in [-0.3, -0.25) is 4.79 Å². The van der Waals surface area contributed by atoms with E-state index in [2.05, 4.69) is 10.6 Å². The highest BCUT2D eigenvalue weighted by Gasteiger charge is 2.39. The summed E-state index contributed by atoms with van der Waals surface area (Å²) in [4.78, 5) is 10.7. The van der Waals surface area contributed by atoms with Crippen LogP contribution in [0.3, 0.4) is 0 Å². The number of hydrogen-bond acceptors (Lipinski definition) is 4. The molecule has 1 aliphatic rings. The van der Waals surface area contributed by atoms with Crippen LogP contribution in [0.1, 0.15) is 20.3 Å². The average Bonchev–Trinajstić information content (AvgIpc) is 2.41. The zero-order chi connectivity index (χ0) is 10.7. The molecule has 1 unspecified atom stereocenters. The maximum absolute atomic E-state index is 10.7. The SMILES string of the molecule is CC[C@H]1NC(CNC(C)=O)[C@@H](O)[C@@H]1O. The molecule has 4 N–H and O–H groups in total. The second kappa shape index (κ2) is 4.72. The Hall–Kier alpha value is -0.650. The lowest BCUT2D eigenvalue weighted by molar-refractivity contribution is -0.119. The topological polar surface area (TPSA) is 81.6 Å². The van der Waals surface area contributed by atoms with Gasteiger partial charge in [0.1, 0.15) is 0 Å². The Balaban J connectivity index is 2.44. The maximum atomic E-state index is 10.7. The van der Waals surface area contributed by atoms with E-state index < -0.39 is 12.2 Å². The molecular weight excluding hydrogens is 184 g/mol. The molecule has 0 radical (unpaired) electrons. The first-order valence-electron chi connectivity index (χ1n) is 4.93. The number of carbonyl (C=O) groups is 1. The molecule has 1 saturated heterocycles. The number of carbonyl (C=O) groups excluding carboxylic acids is 1. The van der Waals surface area contributed by atoms with Crippen molar-refractivity contribution < 1.29 is 15.0 Å². The lowest BCUT2D eigenvalue weighted by atomic mass is 10.1. The summed E-state index contributed by atoms with van der Waals surface area (Å²) in [6, 6.07) is -0.331. The first kappa shape index (κ1) is 11.4. The van der Waals surface area contributed by atoms with Crippen LogP contribution in [-0.4, -0.2) is 47.0 Å². The molecule has 4 atom stereocenters.